The van der Waals surface area contributed by atoms with Gasteiger partial charge in [0.2, 0.25) is 0 Å². The van der Waals surface area contributed by atoms with Crippen molar-refractivity contribution in [2.24, 2.45) is 0 Å². The Bertz CT molecular complexity index is 1430. The van der Waals surface area contributed by atoms with Gasteiger partial charge in [0, 0.05) is 19.3 Å². The quantitative estimate of drug-likeness (QED) is 0.0261. The van der Waals surface area contributed by atoms with Gasteiger partial charge in [-0.3, -0.25) is 14.4 Å². The summed E-state index contributed by atoms with van der Waals surface area (Å²) in [6.45, 7) is 6.44. The largest absolute Gasteiger partial charge is 0.462 e. The van der Waals surface area contributed by atoms with Gasteiger partial charge in [-0.15, -0.1) is 0 Å². The Hall–Kier alpha value is -3.67. The molecule has 0 spiro atoms. The van der Waals surface area contributed by atoms with E-state index in [-0.39, 0.29) is 31.1 Å². The first-order valence-corrected chi connectivity index (χ1v) is 30.2. The lowest BCUT2D eigenvalue weighted by Crippen LogP contribution is -2.30. The first kappa shape index (κ1) is 68.3. The lowest BCUT2D eigenvalue weighted by atomic mass is 10.1. The molecule has 0 bridgehead atoms. The maximum Gasteiger partial charge on any atom is 0.306 e. The molecule has 0 saturated heterocycles. The molecule has 0 aliphatic heterocycles. The van der Waals surface area contributed by atoms with E-state index in [1.54, 1.807) is 0 Å². The van der Waals surface area contributed by atoms with Gasteiger partial charge in [0.25, 0.3) is 0 Å². The second kappa shape index (κ2) is 59.9. The Morgan fingerprint density at radius 2 is 0.569 bits per heavy atom. The fourth-order valence-electron chi connectivity index (χ4n) is 8.27. The fourth-order valence-corrected chi connectivity index (χ4v) is 8.27. The van der Waals surface area contributed by atoms with Crippen LogP contribution in [0.3, 0.4) is 0 Å². The van der Waals surface area contributed by atoms with Crippen LogP contribution in [0.5, 0.6) is 0 Å². The molecule has 0 saturated carbocycles. The van der Waals surface area contributed by atoms with Crippen LogP contribution in [-0.4, -0.2) is 37.2 Å². The van der Waals surface area contributed by atoms with Crippen LogP contribution in [0.2, 0.25) is 0 Å². The number of carbonyl (C=O) groups excluding carboxylic acids is 3. The Morgan fingerprint density at radius 3 is 0.917 bits per heavy atom. The van der Waals surface area contributed by atoms with Gasteiger partial charge >= 0.3 is 17.9 Å². The molecule has 0 radical (unpaired) electrons. The van der Waals surface area contributed by atoms with E-state index in [1.165, 1.54) is 128 Å². The molecular formula is C66H112O6. The monoisotopic (exact) mass is 1000 g/mol. The van der Waals surface area contributed by atoms with Crippen LogP contribution in [0.4, 0.5) is 0 Å². The van der Waals surface area contributed by atoms with E-state index in [0.29, 0.717) is 19.3 Å². The molecule has 0 aromatic rings. The first-order chi connectivity index (χ1) is 35.5. The highest BCUT2D eigenvalue weighted by Gasteiger charge is 2.19. The first-order valence-electron chi connectivity index (χ1n) is 30.2. The van der Waals surface area contributed by atoms with Gasteiger partial charge in [0.15, 0.2) is 6.10 Å². The number of rotatable bonds is 54. The minimum absolute atomic E-state index is 0.0849. The molecule has 1 unspecified atom stereocenters. The summed E-state index contributed by atoms with van der Waals surface area (Å²) in [5, 5.41) is 0. The number of hydrogen-bond acceptors (Lipinski definition) is 6. The molecule has 0 heterocycles. The molecule has 0 fully saturated rings. The third kappa shape index (κ3) is 57.2. The SMILES string of the molecule is CC/C=C\C/C=C\C/C=C\C/C=C\C/C=C\CCCCCCCCCCCC(=O)OCC(COC(=O)CCCCCCC/C=C\CCC)OC(=O)CCCCCCCCCCC/C=C\C/C=C\CCCCC. The molecule has 72 heavy (non-hydrogen) atoms. The molecule has 0 aromatic carbocycles. The van der Waals surface area contributed by atoms with Crippen LogP contribution >= 0.6 is 0 Å². The van der Waals surface area contributed by atoms with Crippen molar-refractivity contribution in [3.8, 4) is 0 Å². The Morgan fingerprint density at radius 1 is 0.292 bits per heavy atom. The predicted molar refractivity (Wildman–Crippen MR) is 311 cm³/mol. The van der Waals surface area contributed by atoms with Crippen LogP contribution in [0.15, 0.2) is 97.2 Å². The Labute approximate surface area is 445 Å². The summed E-state index contributed by atoms with van der Waals surface area (Å²) in [7, 11) is 0. The van der Waals surface area contributed by atoms with Gasteiger partial charge < -0.3 is 14.2 Å². The van der Waals surface area contributed by atoms with E-state index in [4.69, 9.17) is 14.2 Å². The van der Waals surface area contributed by atoms with Crippen molar-refractivity contribution in [2.75, 3.05) is 13.2 Å². The predicted octanol–water partition coefficient (Wildman–Crippen LogP) is 20.5. The van der Waals surface area contributed by atoms with Crippen molar-refractivity contribution in [1.29, 1.82) is 0 Å². The van der Waals surface area contributed by atoms with Crippen molar-refractivity contribution in [3.05, 3.63) is 97.2 Å². The van der Waals surface area contributed by atoms with E-state index in [1.807, 2.05) is 0 Å². The second-order valence-corrected chi connectivity index (χ2v) is 19.9. The van der Waals surface area contributed by atoms with E-state index < -0.39 is 6.10 Å². The lowest BCUT2D eigenvalue weighted by molar-refractivity contribution is -0.167. The van der Waals surface area contributed by atoms with Gasteiger partial charge in [-0.05, 0) is 116 Å². The standard InChI is InChI=1S/C66H112O6/c1-4-7-10-13-16-19-22-24-26-28-30-31-32-33-34-35-37-38-40-42-44-47-50-53-56-59-65(68)71-62-63(61-70-64(67)58-55-52-49-46-21-18-15-12-9-6-3)72-66(69)60-57-54-51-48-45-43-41-39-36-29-27-25-23-20-17-14-11-8-5-2/h7,10,12,15-17,19-20,24-27,30-31,33-34,63H,4-6,8-9,11,13-14,18,21-23,28-29,32,35-62H2,1-3H3/b10-7-,15-12-,19-16-,20-17-,26-24-,27-25-,31-30-,34-33-. The third-order valence-electron chi connectivity index (χ3n) is 12.8. The molecule has 6 heteroatoms. The molecule has 0 aliphatic rings. The highest BCUT2D eigenvalue weighted by atomic mass is 16.6. The number of hydrogen-bond donors (Lipinski definition) is 0. The van der Waals surface area contributed by atoms with Crippen molar-refractivity contribution in [3.63, 3.8) is 0 Å². The molecule has 0 amide bonds. The van der Waals surface area contributed by atoms with Crippen molar-refractivity contribution >= 4 is 17.9 Å². The molecule has 412 valence electrons. The van der Waals surface area contributed by atoms with Gasteiger partial charge in [0.05, 0.1) is 0 Å². The van der Waals surface area contributed by atoms with Crippen molar-refractivity contribution < 1.29 is 28.6 Å². The van der Waals surface area contributed by atoms with Crippen LogP contribution in [-0.2, 0) is 28.6 Å². The highest BCUT2D eigenvalue weighted by molar-refractivity contribution is 5.71. The fraction of sp³-hybridized carbons (Fsp3) is 0.712. The van der Waals surface area contributed by atoms with E-state index >= 15 is 0 Å². The lowest BCUT2D eigenvalue weighted by Gasteiger charge is -2.18. The van der Waals surface area contributed by atoms with Crippen LogP contribution in [0, 0.1) is 0 Å². The summed E-state index contributed by atoms with van der Waals surface area (Å²) < 4.78 is 16.9. The van der Waals surface area contributed by atoms with E-state index in [2.05, 4.69) is 118 Å². The van der Waals surface area contributed by atoms with Gasteiger partial charge in [-0.25, -0.2) is 0 Å². The average Bonchev–Trinajstić information content (AvgIpc) is 3.38. The summed E-state index contributed by atoms with van der Waals surface area (Å²) in [5.74, 6) is -0.900. The summed E-state index contributed by atoms with van der Waals surface area (Å²) in [6, 6.07) is 0. The zero-order valence-electron chi connectivity index (χ0n) is 47.2. The van der Waals surface area contributed by atoms with Gasteiger partial charge in [0.1, 0.15) is 13.2 Å². The third-order valence-corrected chi connectivity index (χ3v) is 12.8. The molecule has 0 aliphatic carbocycles. The zero-order chi connectivity index (χ0) is 52.2. The van der Waals surface area contributed by atoms with E-state index in [0.717, 1.165) is 116 Å². The molecule has 1 atom stereocenters. The Kier molecular flexibility index (Phi) is 56.8. The summed E-state index contributed by atoms with van der Waals surface area (Å²) in [6.07, 6.45) is 79.8. The highest BCUT2D eigenvalue weighted by Crippen LogP contribution is 2.15. The van der Waals surface area contributed by atoms with E-state index in [9.17, 15) is 14.4 Å². The maximum atomic E-state index is 12.9. The van der Waals surface area contributed by atoms with Crippen LogP contribution < -0.4 is 0 Å². The number of allylic oxidation sites excluding steroid dienone is 16. The minimum atomic E-state index is -0.786. The van der Waals surface area contributed by atoms with Crippen molar-refractivity contribution in [2.45, 2.75) is 290 Å². The number of unbranched alkanes of at least 4 members (excludes halogenated alkanes) is 27. The molecular weight excluding hydrogens is 889 g/mol. The molecule has 0 N–H and O–H groups in total. The summed E-state index contributed by atoms with van der Waals surface area (Å²) >= 11 is 0. The number of ether oxygens (including phenoxy) is 3. The smallest absolute Gasteiger partial charge is 0.306 e. The minimum Gasteiger partial charge on any atom is -0.462 e. The number of esters is 3. The number of carbonyl (C=O) groups is 3. The normalized spacial score (nSPS) is 12.8. The average molecular weight is 1000 g/mol. The summed E-state index contributed by atoms with van der Waals surface area (Å²) in [4.78, 5) is 38.2. The summed E-state index contributed by atoms with van der Waals surface area (Å²) in [5.41, 5.74) is 0. The molecule has 0 aromatic heterocycles. The van der Waals surface area contributed by atoms with Crippen LogP contribution in [0.1, 0.15) is 284 Å². The molecule has 0 rings (SSSR count). The zero-order valence-corrected chi connectivity index (χ0v) is 47.2. The second-order valence-electron chi connectivity index (χ2n) is 19.9. The van der Waals surface area contributed by atoms with Crippen LogP contribution in [0.25, 0.3) is 0 Å². The topological polar surface area (TPSA) is 78.9 Å². The maximum absolute atomic E-state index is 12.9. The molecule has 6 nitrogen and oxygen atoms in total. The van der Waals surface area contributed by atoms with Gasteiger partial charge in [-0.2, -0.15) is 0 Å². The Balaban J connectivity index is 4.29. The van der Waals surface area contributed by atoms with Gasteiger partial charge in [-0.1, -0.05) is 246 Å². The van der Waals surface area contributed by atoms with Crippen molar-refractivity contribution in [1.82, 2.24) is 0 Å².